The van der Waals surface area contributed by atoms with E-state index < -0.39 is 0 Å². The van der Waals surface area contributed by atoms with Gasteiger partial charge >= 0.3 is 0 Å². The molecule has 3 heteroatoms. The lowest BCUT2D eigenvalue weighted by atomic mass is 10.3. The van der Waals surface area contributed by atoms with Crippen LogP contribution in [0.4, 0.5) is 0 Å². The Hall–Kier alpha value is -0.860. The summed E-state index contributed by atoms with van der Waals surface area (Å²) in [4.78, 5) is 0. The highest BCUT2D eigenvalue weighted by molar-refractivity contribution is 4.79. The first kappa shape index (κ1) is 7.25. The van der Waals surface area contributed by atoms with Crippen LogP contribution in [-0.2, 0) is 6.54 Å². The third-order valence-electron chi connectivity index (χ3n) is 1.56. The number of unbranched alkanes of at least 4 members (excludes halogenated alkanes) is 1. The van der Waals surface area contributed by atoms with Gasteiger partial charge in [0, 0.05) is 6.54 Å². The molecule has 0 bridgehead atoms. The van der Waals surface area contributed by atoms with Crippen molar-refractivity contribution < 1.29 is 0 Å². The van der Waals surface area contributed by atoms with E-state index in [2.05, 4.69) is 21.7 Å². The maximum Gasteiger partial charge on any atom is 0.129 e. The minimum absolute atomic E-state index is 1.01. The number of hydrogen-bond acceptors (Lipinski definition) is 2. The van der Waals surface area contributed by atoms with Gasteiger partial charge in [0.25, 0.3) is 0 Å². The van der Waals surface area contributed by atoms with Gasteiger partial charge in [-0.05, 0) is 13.3 Å². The first-order valence-corrected chi connectivity index (χ1v) is 3.69. The number of aromatic nitrogens is 3. The van der Waals surface area contributed by atoms with E-state index in [9.17, 15) is 0 Å². The van der Waals surface area contributed by atoms with Crippen molar-refractivity contribution in [1.82, 2.24) is 14.8 Å². The molecule has 0 aromatic carbocycles. The lowest BCUT2D eigenvalue weighted by Gasteiger charge is -1.99. The highest BCUT2D eigenvalue weighted by Gasteiger charge is 1.94. The van der Waals surface area contributed by atoms with Gasteiger partial charge in [-0.15, -0.1) is 10.2 Å². The highest BCUT2D eigenvalue weighted by atomic mass is 15.2. The summed E-state index contributed by atoms with van der Waals surface area (Å²) < 4.78 is 2.07. The van der Waals surface area contributed by atoms with Crippen molar-refractivity contribution in [1.29, 1.82) is 0 Å². The minimum atomic E-state index is 1.01. The smallest absolute Gasteiger partial charge is 0.129 e. The molecule has 10 heavy (non-hydrogen) atoms. The van der Waals surface area contributed by atoms with E-state index >= 15 is 0 Å². The average molecular weight is 139 g/mol. The molecular formula is C7H13N3. The highest BCUT2D eigenvalue weighted by Crippen LogP contribution is 1.96. The second kappa shape index (κ2) is 3.34. The fraction of sp³-hybridized carbons (Fsp3) is 0.714. The third kappa shape index (κ3) is 1.56. The van der Waals surface area contributed by atoms with Crippen LogP contribution in [0.3, 0.4) is 0 Å². The van der Waals surface area contributed by atoms with E-state index in [-0.39, 0.29) is 0 Å². The van der Waals surface area contributed by atoms with Gasteiger partial charge in [0.05, 0.1) is 0 Å². The quantitative estimate of drug-likeness (QED) is 0.633. The molecule has 1 aromatic rings. The minimum Gasteiger partial charge on any atom is -0.318 e. The summed E-state index contributed by atoms with van der Waals surface area (Å²) in [6.07, 6.45) is 4.21. The Morgan fingerprint density at radius 3 is 2.90 bits per heavy atom. The van der Waals surface area contributed by atoms with E-state index in [1.54, 1.807) is 6.33 Å². The molecule has 0 saturated carbocycles. The van der Waals surface area contributed by atoms with Crippen LogP contribution in [-0.4, -0.2) is 14.8 Å². The number of aryl methyl sites for hydroxylation is 2. The van der Waals surface area contributed by atoms with E-state index in [0.717, 1.165) is 12.4 Å². The fourth-order valence-corrected chi connectivity index (χ4v) is 0.861. The zero-order chi connectivity index (χ0) is 7.40. The van der Waals surface area contributed by atoms with E-state index in [4.69, 9.17) is 0 Å². The molecule has 0 amide bonds. The van der Waals surface area contributed by atoms with Gasteiger partial charge in [-0.25, -0.2) is 0 Å². The summed E-state index contributed by atoms with van der Waals surface area (Å²) in [5.41, 5.74) is 0. The van der Waals surface area contributed by atoms with Crippen LogP contribution < -0.4 is 0 Å². The lowest BCUT2D eigenvalue weighted by Crippen LogP contribution is -1.97. The Morgan fingerprint density at radius 2 is 2.40 bits per heavy atom. The van der Waals surface area contributed by atoms with E-state index in [1.165, 1.54) is 12.8 Å². The summed E-state index contributed by atoms with van der Waals surface area (Å²) in [7, 11) is 0. The molecule has 0 unspecified atom stereocenters. The molecule has 0 fully saturated rings. The second-order valence-corrected chi connectivity index (χ2v) is 2.43. The maximum atomic E-state index is 3.88. The SMILES string of the molecule is CCCCn1cnnc1C. The van der Waals surface area contributed by atoms with Crippen molar-refractivity contribution in [2.45, 2.75) is 33.2 Å². The summed E-state index contributed by atoms with van der Waals surface area (Å²) in [5.74, 6) is 1.01. The van der Waals surface area contributed by atoms with E-state index in [1.807, 2.05) is 6.92 Å². The number of rotatable bonds is 3. The maximum absolute atomic E-state index is 3.88. The molecular weight excluding hydrogens is 126 g/mol. The second-order valence-electron chi connectivity index (χ2n) is 2.43. The van der Waals surface area contributed by atoms with Crippen LogP contribution in [0.5, 0.6) is 0 Å². The van der Waals surface area contributed by atoms with E-state index in [0.29, 0.717) is 0 Å². The van der Waals surface area contributed by atoms with Gasteiger partial charge in [-0.2, -0.15) is 0 Å². The van der Waals surface area contributed by atoms with Crippen LogP contribution >= 0.6 is 0 Å². The van der Waals surface area contributed by atoms with Gasteiger partial charge < -0.3 is 4.57 Å². The molecule has 0 spiro atoms. The Labute approximate surface area is 61.1 Å². The predicted octanol–water partition coefficient (Wildman–Crippen LogP) is 1.39. The van der Waals surface area contributed by atoms with Crippen LogP contribution in [0.1, 0.15) is 25.6 Å². The molecule has 0 saturated heterocycles. The van der Waals surface area contributed by atoms with Crippen LogP contribution in [0.2, 0.25) is 0 Å². The molecule has 56 valence electrons. The number of hydrogen-bond donors (Lipinski definition) is 0. The fourth-order valence-electron chi connectivity index (χ4n) is 0.861. The molecule has 1 aromatic heterocycles. The van der Waals surface area contributed by atoms with Gasteiger partial charge in [0.1, 0.15) is 12.2 Å². The molecule has 1 heterocycles. The Morgan fingerprint density at radius 1 is 1.60 bits per heavy atom. The summed E-state index contributed by atoms with van der Waals surface area (Å²) in [6.45, 7) is 5.21. The van der Waals surface area contributed by atoms with Crippen LogP contribution in [0.25, 0.3) is 0 Å². The van der Waals surface area contributed by atoms with Crippen molar-refractivity contribution in [3.05, 3.63) is 12.2 Å². The standard InChI is InChI=1S/C7H13N3/c1-3-4-5-10-6-8-9-7(10)2/h6H,3-5H2,1-2H3. The van der Waals surface area contributed by atoms with Crippen molar-refractivity contribution in [2.75, 3.05) is 0 Å². The largest absolute Gasteiger partial charge is 0.318 e. The molecule has 0 aliphatic heterocycles. The number of nitrogens with zero attached hydrogens (tertiary/aromatic N) is 3. The zero-order valence-electron chi connectivity index (χ0n) is 6.54. The van der Waals surface area contributed by atoms with Gasteiger partial charge in [-0.3, -0.25) is 0 Å². The zero-order valence-corrected chi connectivity index (χ0v) is 6.54. The predicted molar refractivity (Wildman–Crippen MR) is 39.7 cm³/mol. The summed E-state index contributed by atoms with van der Waals surface area (Å²) in [5, 5.41) is 7.67. The summed E-state index contributed by atoms with van der Waals surface area (Å²) >= 11 is 0. The first-order chi connectivity index (χ1) is 4.84. The Bertz CT molecular complexity index is 192. The van der Waals surface area contributed by atoms with Gasteiger partial charge in [-0.1, -0.05) is 13.3 Å². The Kier molecular flexibility index (Phi) is 2.42. The molecule has 1 rings (SSSR count). The normalized spacial score (nSPS) is 10.2. The molecule has 3 nitrogen and oxygen atoms in total. The molecule has 0 aliphatic rings. The van der Waals surface area contributed by atoms with Gasteiger partial charge in [0.2, 0.25) is 0 Å². The van der Waals surface area contributed by atoms with Crippen molar-refractivity contribution in [3.63, 3.8) is 0 Å². The van der Waals surface area contributed by atoms with Crippen molar-refractivity contribution in [3.8, 4) is 0 Å². The van der Waals surface area contributed by atoms with Crippen molar-refractivity contribution in [2.24, 2.45) is 0 Å². The molecule has 0 aliphatic carbocycles. The molecule has 0 radical (unpaired) electrons. The summed E-state index contributed by atoms with van der Waals surface area (Å²) in [6, 6.07) is 0. The molecule has 0 atom stereocenters. The topological polar surface area (TPSA) is 30.7 Å². The van der Waals surface area contributed by atoms with Crippen LogP contribution in [0, 0.1) is 6.92 Å². The first-order valence-electron chi connectivity index (χ1n) is 3.69. The monoisotopic (exact) mass is 139 g/mol. The average Bonchev–Trinajstić information content (AvgIpc) is 2.31. The lowest BCUT2D eigenvalue weighted by molar-refractivity contribution is 0.615. The van der Waals surface area contributed by atoms with Gasteiger partial charge in [0.15, 0.2) is 0 Å². The Balaban J connectivity index is 2.49. The van der Waals surface area contributed by atoms with Crippen LogP contribution in [0.15, 0.2) is 6.33 Å². The van der Waals surface area contributed by atoms with Crippen molar-refractivity contribution >= 4 is 0 Å². The molecule has 0 N–H and O–H groups in total. The third-order valence-corrected chi connectivity index (χ3v) is 1.56.